The molecule has 2 aromatic carbocycles. The van der Waals surface area contributed by atoms with E-state index in [1.54, 1.807) is 24.3 Å². The predicted octanol–water partition coefficient (Wildman–Crippen LogP) is 4.46. The van der Waals surface area contributed by atoms with Crippen LogP contribution in [0.15, 0.2) is 47.4 Å². The van der Waals surface area contributed by atoms with Crippen molar-refractivity contribution in [1.29, 1.82) is 0 Å². The van der Waals surface area contributed by atoms with E-state index in [-0.39, 0.29) is 16.6 Å². The first-order chi connectivity index (χ1) is 12.3. The highest BCUT2D eigenvalue weighted by atomic mass is 127. The Hall–Kier alpha value is -1.45. The van der Waals surface area contributed by atoms with Crippen LogP contribution in [0, 0.1) is 3.57 Å². The molecule has 138 valence electrons. The van der Waals surface area contributed by atoms with Crippen molar-refractivity contribution in [3.8, 4) is 5.75 Å². The molecule has 26 heavy (non-hydrogen) atoms. The summed E-state index contributed by atoms with van der Waals surface area (Å²) in [6, 6.07) is 11.1. The molecule has 1 aliphatic carbocycles. The smallest absolute Gasteiger partial charge is 0.343 e. The number of carbonyl (C=O) groups excluding carboxylic acids is 1. The quantitative estimate of drug-likeness (QED) is 0.276. The van der Waals surface area contributed by atoms with E-state index in [9.17, 15) is 17.8 Å². The minimum absolute atomic E-state index is 0.000527. The maximum absolute atomic E-state index is 12.3. The number of esters is 1. The minimum atomic E-state index is -4.58. The summed E-state index contributed by atoms with van der Waals surface area (Å²) in [5.41, 5.74) is 0.873. The molecule has 1 saturated carbocycles. The van der Waals surface area contributed by atoms with E-state index >= 15 is 0 Å². The van der Waals surface area contributed by atoms with Crippen molar-refractivity contribution in [3.63, 3.8) is 0 Å². The van der Waals surface area contributed by atoms with Crippen LogP contribution in [0.1, 0.15) is 53.9 Å². The lowest BCUT2D eigenvalue weighted by Gasteiger charge is -2.25. The van der Waals surface area contributed by atoms with Crippen molar-refractivity contribution in [3.05, 3.63) is 57.2 Å². The van der Waals surface area contributed by atoms with Gasteiger partial charge in [-0.15, -0.1) is 0 Å². The van der Waals surface area contributed by atoms with Crippen LogP contribution in [0.2, 0.25) is 0 Å². The van der Waals surface area contributed by atoms with Crippen molar-refractivity contribution in [2.75, 3.05) is 0 Å². The Balaban J connectivity index is 1.90. The van der Waals surface area contributed by atoms with E-state index in [1.807, 2.05) is 0 Å². The van der Waals surface area contributed by atoms with Crippen molar-refractivity contribution in [1.82, 2.24) is 0 Å². The third-order valence-electron chi connectivity index (χ3n) is 4.59. The minimum Gasteiger partial charge on any atom is -0.744 e. The summed E-state index contributed by atoms with van der Waals surface area (Å²) in [7, 11) is -4.58. The summed E-state index contributed by atoms with van der Waals surface area (Å²) in [6.45, 7) is 0. The van der Waals surface area contributed by atoms with Gasteiger partial charge in [-0.1, -0.05) is 19.3 Å². The first kappa shape index (κ1) is 19.3. The van der Waals surface area contributed by atoms with Gasteiger partial charge < -0.3 is 9.29 Å². The molecule has 0 aliphatic heterocycles. The molecule has 0 N–H and O–H groups in total. The number of benzene rings is 2. The van der Waals surface area contributed by atoms with Gasteiger partial charge in [-0.25, -0.2) is 13.2 Å². The SMILES string of the molecule is O=C(Oc1ccc(S(=O)(=O)[O-])c(C2CCCCC2)c1)c1ccc(I)cc1. The normalized spacial score (nSPS) is 15.6. The Morgan fingerprint density at radius 2 is 1.69 bits per heavy atom. The molecule has 0 bridgehead atoms. The molecule has 0 radical (unpaired) electrons. The molecule has 0 aromatic heterocycles. The second kappa shape index (κ2) is 8.06. The van der Waals surface area contributed by atoms with E-state index in [1.165, 1.54) is 18.2 Å². The van der Waals surface area contributed by atoms with Crippen LogP contribution in [-0.4, -0.2) is 18.9 Å². The largest absolute Gasteiger partial charge is 0.744 e. The fourth-order valence-electron chi connectivity index (χ4n) is 3.30. The fourth-order valence-corrected chi connectivity index (χ4v) is 4.41. The summed E-state index contributed by atoms with van der Waals surface area (Å²) >= 11 is 2.14. The highest BCUT2D eigenvalue weighted by Crippen LogP contribution is 2.37. The van der Waals surface area contributed by atoms with Crippen LogP contribution in [-0.2, 0) is 10.1 Å². The highest BCUT2D eigenvalue weighted by Gasteiger charge is 2.22. The van der Waals surface area contributed by atoms with Crippen molar-refractivity contribution in [2.24, 2.45) is 0 Å². The zero-order chi connectivity index (χ0) is 18.7. The van der Waals surface area contributed by atoms with Gasteiger partial charge in [0, 0.05) is 3.57 Å². The molecule has 0 heterocycles. The lowest BCUT2D eigenvalue weighted by Crippen LogP contribution is -2.13. The monoisotopic (exact) mass is 485 g/mol. The van der Waals surface area contributed by atoms with Gasteiger partial charge in [0.2, 0.25) is 0 Å². The van der Waals surface area contributed by atoms with Crippen molar-refractivity contribution in [2.45, 2.75) is 42.9 Å². The van der Waals surface area contributed by atoms with Crippen LogP contribution >= 0.6 is 22.6 Å². The Morgan fingerprint density at radius 1 is 1.04 bits per heavy atom. The van der Waals surface area contributed by atoms with Gasteiger partial charge in [-0.2, -0.15) is 0 Å². The zero-order valence-electron chi connectivity index (χ0n) is 14.0. The number of hydrogen-bond acceptors (Lipinski definition) is 5. The van der Waals surface area contributed by atoms with E-state index < -0.39 is 16.1 Å². The molecule has 7 heteroatoms. The lowest BCUT2D eigenvalue weighted by molar-refractivity contribution is 0.0734. The van der Waals surface area contributed by atoms with Crippen LogP contribution in [0.4, 0.5) is 0 Å². The molecule has 0 unspecified atom stereocenters. The molecule has 0 saturated heterocycles. The average Bonchev–Trinajstić information content (AvgIpc) is 2.62. The summed E-state index contributed by atoms with van der Waals surface area (Å²) < 4.78 is 41.3. The van der Waals surface area contributed by atoms with Gasteiger partial charge in [-0.05, 0) is 89.4 Å². The van der Waals surface area contributed by atoms with Crippen LogP contribution in [0.25, 0.3) is 0 Å². The second-order valence-electron chi connectivity index (χ2n) is 6.39. The maximum Gasteiger partial charge on any atom is 0.343 e. The Kier molecular flexibility index (Phi) is 5.99. The molecule has 2 aromatic rings. The summed E-state index contributed by atoms with van der Waals surface area (Å²) in [5.74, 6) is -0.269. The summed E-state index contributed by atoms with van der Waals surface area (Å²) in [4.78, 5) is 12.1. The Labute approximate surface area is 166 Å². The molecule has 0 amide bonds. The van der Waals surface area contributed by atoms with Gasteiger partial charge in [-0.3, -0.25) is 0 Å². The first-order valence-corrected chi connectivity index (χ1v) is 10.9. The molecule has 3 rings (SSSR count). The summed E-state index contributed by atoms with van der Waals surface area (Å²) in [5, 5.41) is 0. The molecule has 5 nitrogen and oxygen atoms in total. The second-order valence-corrected chi connectivity index (χ2v) is 8.98. The van der Waals surface area contributed by atoms with E-state index in [2.05, 4.69) is 22.6 Å². The molecular weight excluding hydrogens is 467 g/mol. The third kappa shape index (κ3) is 4.63. The van der Waals surface area contributed by atoms with Gasteiger partial charge in [0.25, 0.3) is 0 Å². The Morgan fingerprint density at radius 3 is 2.31 bits per heavy atom. The van der Waals surface area contributed by atoms with Gasteiger partial charge in [0.1, 0.15) is 15.9 Å². The molecule has 1 aliphatic rings. The zero-order valence-corrected chi connectivity index (χ0v) is 17.0. The van der Waals surface area contributed by atoms with Crippen molar-refractivity contribution >= 4 is 38.7 Å². The van der Waals surface area contributed by atoms with Gasteiger partial charge >= 0.3 is 5.97 Å². The number of hydrogen-bond donors (Lipinski definition) is 0. The number of carbonyl (C=O) groups is 1. The average molecular weight is 485 g/mol. The van der Waals surface area contributed by atoms with Crippen LogP contribution in [0.3, 0.4) is 0 Å². The van der Waals surface area contributed by atoms with Gasteiger partial charge in [0.15, 0.2) is 0 Å². The van der Waals surface area contributed by atoms with Crippen LogP contribution in [0.5, 0.6) is 5.75 Å². The number of rotatable bonds is 4. The number of halogens is 1. The maximum atomic E-state index is 12.3. The Bertz CT molecular complexity index is 900. The van der Waals surface area contributed by atoms with E-state index in [0.717, 1.165) is 35.7 Å². The number of ether oxygens (including phenoxy) is 1. The molecular formula is C19H18IO5S-. The van der Waals surface area contributed by atoms with E-state index in [0.29, 0.717) is 11.1 Å². The molecule has 0 atom stereocenters. The van der Waals surface area contributed by atoms with E-state index in [4.69, 9.17) is 4.74 Å². The van der Waals surface area contributed by atoms with Crippen LogP contribution < -0.4 is 4.74 Å². The topological polar surface area (TPSA) is 83.5 Å². The highest BCUT2D eigenvalue weighted by molar-refractivity contribution is 14.1. The van der Waals surface area contributed by atoms with Gasteiger partial charge in [0.05, 0.1) is 10.5 Å². The molecule has 0 spiro atoms. The predicted molar refractivity (Wildman–Crippen MR) is 104 cm³/mol. The molecule has 1 fully saturated rings. The fraction of sp³-hybridized carbons (Fsp3) is 0.316. The summed E-state index contributed by atoms with van der Waals surface area (Å²) in [6.07, 6.45) is 4.76. The third-order valence-corrected chi connectivity index (χ3v) is 6.22. The first-order valence-electron chi connectivity index (χ1n) is 8.42. The van der Waals surface area contributed by atoms with Crippen molar-refractivity contribution < 1.29 is 22.5 Å². The standard InChI is InChI=1S/C19H19IO5S/c20-15-8-6-14(7-9-15)19(21)25-16-10-11-18(26(22,23)24)17(12-16)13-4-2-1-3-5-13/h6-13H,1-5H2,(H,22,23,24)/p-1. The lowest BCUT2D eigenvalue weighted by atomic mass is 9.84.